The van der Waals surface area contributed by atoms with Gasteiger partial charge in [0.15, 0.2) is 5.71 Å². The lowest BCUT2D eigenvalue weighted by molar-refractivity contribution is -0.136. The van der Waals surface area contributed by atoms with Gasteiger partial charge in [0.25, 0.3) is 5.91 Å². The summed E-state index contributed by atoms with van der Waals surface area (Å²) in [6, 6.07) is 4.23. The summed E-state index contributed by atoms with van der Waals surface area (Å²) in [4.78, 5) is 38.2. The van der Waals surface area contributed by atoms with Crippen LogP contribution in [0.2, 0.25) is 0 Å². The van der Waals surface area contributed by atoms with Gasteiger partial charge in [-0.15, -0.1) is 0 Å². The molecule has 2 aliphatic heterocycles. The van der Waals surface area contributed by atoms with E-state index in [9.17, 15) is 14.4 Å². The Morgan fingerprint density at radius 3 is 2.74 bits per heavy atom. The van der Waals surface area contributed by atoms with Crippen LogP contribution >= 0.6 is 31.9 Å². The molecule has 1 N–H and O–H groups in total. The third-order valence-electron chi connectivity index (χ3n) is 3.56. The Balaban J connectivity index is 1.95. The summed E-state index contributed by atoms with van der Waals surface area (Å²) in [6.45, 7) is 1.82. The number of carbonyl (C=O) groups is 3. The van der Waals surface area contributed by atoms with Gasteiger partial charge in [0.05, 0.1) is 12.3 Å². The second kappa shape index (κ2) is 6.04. The highest BCUT2D eigenvalue weighted by Gasteiger charge is 2.56. The van der Waals surface area contributed by atoms with Crippen LogP contribution in [0.5, 0.6) is 0 Å². The lowest BCUT2D eigenvalue weighted by Crippen LogP contribution is -2.36. The number of imide groups is 1. The first-order chi connectivity index (χ1) is 11.0. The zero-order valence-electron chi connectivity index (χ0n) is 11.9. The average Bonchev–Trinajstić information content (AvgIpc) is 3.02. The van der Waals surface area contributed by atoms with Crippen molar-refractivity contribution in [3.8, 4) is 0 Å². The maximum atomic E-state index is 12.7. The van der Waals surface area contributed by atoms with E-state index in [0.29, 0.717) is 10.2 Å². The Hall–Kier alpha value is -1.74. The van der Waals surface area contributed by atoms with Crippen molar-refractivity contribution < 1.29 is 19.1 Å². The monoisotopic (exact) mass is 443 g/mol. The molecule has 2 heterocycles. The molecule has 0 spiro atoms. The number of anilines is 1. The van der Waals surface area contributed by atoms with E-state index in [-0.39, 0.29) is 12.3 Å². The average molecular weight is 445 g/mol. The van der Waals surface area contributed by atoms with Gasteiger partial charge < -0.3 is 4.74 Å². The Kier molecular flexibility index (Phi) is 4.24. The van der Waals surface area contributed by atoms with Gasteiger partial charge >= 0.3 is 5.97 Å². The number of amides is 2. The van der Waals surface area contributed by atoms with E-state index in [1.54, 1.807) is 25.1 Å². The number of carbonyl (C=O) groups excluding carboxylic acids is 3. The van der Waals surface area contributed by atoms with E-state index in [2.05, 4.69) is 42.4 Å². The van der Waals surface area contributed by atoms with Crippen molar-refractivity contribution in [2.45, 2.75) is 13.0 Å². The van der Waals surface area contributed by atoms with Gasteiger partial charge in [0.1, 0.15) is 12.0 Å². The first kappa shape index (κ1) is 16.1. The highest BCUT2D eigenvalue weighted by molar-refractivity contribution is 9.11. The zero-order chi connectivity index (χ0) is 16.7. The van der Waals surface area contributed by atoms with Crippen LogP contribution in [-0.4, -0.2) is 36.1 Å². The SMILES string of the molecule is CCOC(=O)C1=NN[C@H]2C(=O)N(c3ccc(Br)cc3Br)C(=O)[C@H]12. The number of nitrogens with zero attached hydrogens (tertiary/aromatic N) is 2. The highest BCUT2D eigenvalue weighted by Crippen LogP contribution is 2.36. The predicted octanol–water partition coefficient (Wildman–Crippen LogP) is 1.59. The van der Waals surface area contributed by atoms with E-state index >= 15 is 0 Å². The Morgan fingerprint density at radius 1 is 1.35 bits per heavy atom. The molecular formula is C14H11Br2N3O4. The number of nitrogens with one attached hydrogen (secondary N) is 1. The number of ether oxygens (including phenoxy) is 1. The van der Waals surface area contributed by atoms with Gasteiger partial charge in [-0.25, -0.2) is 9.69 Å². The van der Waals surface area contributed by atoms with Crippen LogP contribution in [0.25, 0.3) is 0 Å². The minimum absolute atomic E-state index is 0.0639. The first-order valence-corrected chi connectivity index (χ1v) is 8.37. The van der Waals surface area contributed by atoms with Gasteiger partial charge in [-0.05, 0) is 41.1 Å². The van der Waals surface area contributed by atoms with E-state index in [0.717, 1.165) is 9.37 Å². The molecule has 0 unspecified atom stereocenters. The summed E-state index contributed by atoms with van der Waals surface area (Å²) in [5.74, 6) is -2.60. The van der Waals surface area contributed by atoms with Crippen LogP contribution in [0.1, 0.15) is 6.92 Å². The molecule has 1 aromatic carbocycles. The number of rotatable bonds is 3. The number of fused-ring (bicyclic) bond motifs is 1. The number of hydrogen-bond acceptors (Lipinski definition) is 6. The van der Waals surface area contributed by atoms with E-state index in [1.807, 2.05) is 0 Å². The van der Waals surface area contributed by atoms with Crippen LogP contribution < -0.4 is 10.3 Å². The fourth-order valence-electron chi connectivity index (χ4n) is 2.56. The second-order valence-electron chi connectivity index (χ2n) is 4.91. The lowest BCUT2D eigenvalue weighted by Gasteiger charge is -2.17. The van der Waals surface area contributed by atoms with Crippen molar-refractivity contribution in [2.75, 3.05) is 11.5 Å². The molecule has 9 heteroatoms. The molecule has 7 nitrogen and oxygen atoms in total. The third kappa shape index (κ3) is 2.57. The molecule has 0 saturated carbocycles. The van der Waals surface area contributed by atoms with Crippen molar-refractivity contribution in [2.24, 2.45) is 11.0 Å². The normalized spacial score (nSPS) is 22.7. The fourth-order valence-corrected chi connectivity index (χ4v) is 3.79. The second-order valence-corrected chi connectivity index (χ2v) is 6.68. The summed E-state index contributed by atoms with van der Waals surface area (Å²) in [7, 11) is 0. The van der Waals surface area contributed by atoms with Crippen molar-refractivity contribution in [3.05, 3.63) is 27.1 Å². The molecule has 0 bridgehead atoms. The van der Waals surface area contributed by atoms with Crippen LogP contribution in [0, 0.1) is 5.92 Å². The Bertz CT molecular complexity index is 750. The molecule has 1 aromatic rings. The molecule has 0 aromatic heterocycles. The van der Waals surface area contributed by atoms with Gasteiger partial charge in [0, 0.05) is 8.95 Å². The molecular weight excluding hydrogens is 434 g/mol. The molecule has 0 radical (unpaired) electrons. The molecule has 1 fully saturated rings. The highest BCUT2D eigenvalue weighted by atomic mass is 79.9. The number of benzene rings is 1. The van der Waals surface area contributed by atoms with Gasteiger partial charge in [-0.2, -0.15) is 5.10 Å². The Labute approximate surface area is 148 Å². The fraction of sp³-hybridized carbons (Fsp3) is 0.286. The number of halogens is 2. The van der Waals surface area contributed by atoms with Crippen molar-refractivity contribution in [1.82, 2.24) is 5.43 Å². The number of esters is 1. The van der Waals surface area contributed by atoms with Crippen LogP contribution in [0.4, 0.5) is 5.69 Å². The summed E-state index contributed by atoms with van der Waals surface area (Å²) in [5.41, 5.74) is 2.92. The lowest BCUT2D eigenvalue weighted by atomic mass is 9.99. The zero-order valence-corrected chi connectivity index (χ0v) is 15.0. The van der Waals surface area contributed by atoms with Crippen molar-refractivity contribution in [3.63, 3.8) is 0 Å². The van der Waals surface area contributed by atoms with Crippen LogP contribution in [0.3, 0.4) is 0 Å². The topological polar surface area (TPSA) is 88.1 Å². The molecule has 120 valence electrons. The van der Waals surface area contributed by atoms with Crippen molar-refractivity contribution >= 4 is 61.0 Å². The molecule has 3 rings (SSSR count). The molecule has 0 aliphatic carbocycles. The van der Waals surface area contributed by atoms with Crippen LogP contribution in [0.15, 0.2) is 32.2 Å². The largest absolute Gasteiger partial charge is 0.461 e. The molecule has 2 amide bonds. The van der Waals surface area contributed by atoms with E-state index < -0.39 is 29.7 Å². The standard InChI is InChI=1S/C14H11Br2N3O4/c1-2-23-14(22)11-9-10(17-18-11)13(21)19(12(9)20)8-4-3-6(15)5-7(8)16/h3-5,9-10,17H,2H2,1H3/t9-,10+/m0/s1. The first-order valence-electron chi connectivity index (χ1n) is 6.78. The maximum Gasteiger partial charge on any atom is 0.355 e. The molecule has 2 aliphatic rings. The molecule has 23 heavy (non-hydrogen) atoms. The number of hydrogen-bond donors (Lipinski definition) is 1. The summed E-state index contributed by atoms with van der Waals surface area (Å²) in [6.07, 6.45) is 0. The third-order valence-corrected chi connectivity index (χ3v) is 4.69. The minimum Gasteiger partial charge on any atom is -0.461 e. The molecule has 2 atom stereocenters. The van der Waals surface area contributed by atoms with Gasteiger partial charge in [0.2, 0.25) is 5.91 Å². The Morgan fingerprint density at radius 2 is 2.09 bits per heavy atom. The molecule has 1 saturated heterocycles. The maximum absolute atomic E-state index is 12.7. The van der Waals surface area contributed by atoms with Gasteiger partial charge in [-0.1, -0.05) is 15.9 Å². The summed E-state index contributed by atoms with van der Waals surface area (Å²) in [5, 5.41) is 3.81. The number of hydrazone groups is 1. The summed E-state index contributed by atoms with van der Waals surface area (Å²) >= 11 is 6.66. The van der Waals surface area contributed by atoms with E-state index in [4.69, 9.17) is 4.74 Å². The van der Waals surface area contributed by atoms with E-state index in [1.165, 1.54) is 0 Å². The quantitative estimate of drug-likeness (QED) is 0.565. The summed E-state index contributed by atoms with van der Waals surface area (Å²) < 4.78 is 6.28. The van der Waals surface area contributed by atoms with Gasteiger partial charge in [-0.3, -0.25) is 15.0 Å². The smallest absolute Gasteiger partial charge is 0.355 e. The predicted molar refractivity (Wildman–Crippen MR) is 88.8 cm³/mol. The minimum atomic E-state index is -0.961. The van der Waals surface area contributed by atoms with Crippen molar-refractivity contribution in [1.29, 1.82) is 0 Å². The van der Waals surface area contributed by atoms with Crippen LogP contribution in [-0.2, 0) is 19.1 Å².